The van der Waals surface area contributed by atoms with E-state index < -0.39 is 0 Å². The van der Waals surface area contributed by atoms with Gasteiger partial charge in [0.05, 0.1) is 7.11 Å². The lowest BCUT2D eigenvalue weighted by atomic mass is 10.1. The van der Waals surface area contributed by atoms with E-state index in [0.29, 0.717) is 37.5 Å². The van der Waals surface area contributed by atoms with Crippen LogP contribution >= 0.6 is 0 Å². The van der Waals surface area contributed by atoms with Gasteiger partial charge in [-0.3, -0.25) is 4.79 Å². The predicted octanol–water partition coefficient (Wildman–Crippen LogP) is 2.10. The number of hydrogen-bond donors (Lipinski definition) is 2. The molecule has 1 aromatic heterocycles. The Kier molecular flexibility index (Phi) is 6.38. The van der Waals surface area contributed by atoms with Crippen molar-refractivity contribution in [3.05, 3.63) is 41.8 Å². The molecule has 0 saturated carbocycles. The number of rotatable bonds is 8. The van der Waals surface area contributed by atoms with Crippen LogP contribution in [0.25, 0.3) is 11.4 Å². The van der Waals surface area contributed by atoms with Gasteiger partial charge in [-0.05, 0) is 43.7 Å². The zero-order valence-electron chi connectivity index (χ0n) is 15.0. The largest absolute Gasteiger partial charge is 0.497 e. The maximum atomic E-state index is 11.9. The fourth-order valence-corrected chi connectivity index (χ4v) is 2.74. The molecule has 2 N–H and O–H groups in total. The van der Waals surface area contributed by atoms with E-state index in [9.17, 15) is 4.79 Å². The standard InChI is InChI=1S/C19H24N4O3/c1-25-16-7-5-15(6-8-16)19-22-18(26-23-19)4-2-3-17(24)21-13-14-9-11-20-12-10-14/h5-9,20H,2-4,10-13H2,1H3,(H,21,24). The van der Waals surface area contributed by atoms with E-state index in [2.05, 4.69) is 26.9 Å². The van der Waals surface area contributed by atoms with Crippen molar-refractivity contribution in [3.8, 4) is 17.1 Å². The molecule has 1 amide bonds. The molecular formula is C19H24N4O3. The number of aryl methyl sites for hydroxylation is 1. The van der Waals surface area contributed by atoms with Crippen molar-refractivity contribution >= 4 is 5.91 Å². The number of methoxy groups -OCH3 is 1. The molecule has 0 spiro atoms. The lowest BCUT2D eigenvalue weighted by molar-refractivity contribution is -0.121. The maximum absolute atomic E-state index is 11.9. The monoisotopic (exact) mass is 356 g/mol. The van der Waals surface area contributed by atoms with Crippen LogP contribution in [0.5, 0.6) is 5.75 Å². The van der Waals surface area contributed by atoms with Crippen molar-refractivity contribution in [2.75, 3.05) is 26.7 Å². The Balaban J connectivity index is 1.41. The topological polar surface area (TPSA) is 89.3 Å². The quantitative estimate of drug-likeness (QED) is 0.704. The van der Waals surface area contributed by atoms with Gasteiger partial charge in [-0.25, -0.2) is 0 Å². The van der Waals surface area contributed by atoms with Crippen LogP contribution in [-0.4, -0.2) is 42.8 Å². The van der Waals surface area contributed by atoms with Crippen molar-refractivity contribution in [1.82, 2.24) is 20.8 Å². The Morgan fingerprint density at radius 1 is 1.35 bits per heavy atom. The number of nitrogens with one attached hydrogen (secondary N) is 2. The number of amides is 1. The third-order valence-electron chi connectivity index (χ3n) is 4.28. The highest BCUT2D eigenvalue weighted by Crippen LogP contribution is 2.20. The molecule has 2 heterocycles. The molecule has 3 rings (SSSR count). The summed E-state index contributed by atoms with van der Waals surface area (Å²) in [5.74, 6) is 1.93. The van der Waals surface area contributed by atoms with E-state index in [1.54, 1.807) is 7.11 Å². The molecular weight excluding hydrogens is 332 g/mol. The van der Waals surface area contributed by atoms with E-state index in [-0.39, 0.29) is 5.91 Å². The minimum absolute atomic E-state index is 0.0549. The molecule has 0 bridgehead atoms. The zero-order chi connectivity index (χ0) is 18.2. The molecule has 1 aromatic carbocycles. The summed E-state index contributed by atoms with van der Waals surface area (Å²) in [5, 5.41) is 10.2. The Morgan fingerprint density at radius 3 is 2.92 bits per heavy atom. The summed E-state index contributed by atoms with van der Waals surface area (Å²) in [5.41, 5.74) is 2.16. The predicted molar refractivity (Wildman–Crippen MR) is 97.8 cm³/mol. The third-order valence-corrected chi connectivity index (χ3v) is 4.28. The molecule has 1 aliphatic heterocycles. The summed E-state index contributed by atoms with van der Waals surface area (Å²) in [6.45, 7) is 2.51. The van der Waals surface area contributed by atoms with Gasteiger partial charge in [0.1, 0.15) is 5.75 Å². The first kappa shape index (κ1) is 18.1. The first-order chi connectivity index (χ1) is 12.7. The number of ether oxygens (including phenoxy) is 1. The Hall–Kier alpha value is -2.67. The van der Waals surface area contributed by atoms with Crippen LogP contribution in [0, 0.1) is 0 Å². The van der Waals surface area contributed by atoms with E-state index in [1.807, 2.05) is 24.3 Å². The summed E-state index contributed by atoms with van der Waals surface area (Å²) in [6.07, 6.45) is 4.85. The summed E-state index contributed by atoms with van der Waals surface area (Å²) in [6, 6.07) is 7.48. The van der Waals surface area contributed by atoms with Crippen molar-refractivity contribution in [3.63, 3.8) is 0 Å². The molecule has 0 radical (unpaired) electrons. The molecule has 0 unspecified atom stereocenters. The number of hydrogen-bond acceptors (Lipinski definition) is 6. The minimum atomic E-state index is 0.0549. The second-order valence-electron chi connectivity index (χ2n) is 6.19. The smallest absolute Gasteiger partial charge is 0.226 e. The van der Waals surface area contributed by atoms with Crippen LogP contribution in [0.3, 0.4) is 0 Å². The Bertz CT molecular complexity index is 752. The van der Waals surface area contributed by atoms with Gasteiger partial charge in [-0.2, -0.15) is 4.98 Å². The SMILES string of the molecule is COc1ccc(-c2noc(CCCC(=O)NCC3=CCNCC3)n2)cc1. The highest BCUT2D eigenvalue weighted by atomic mass is 16.5. The molecule has 1 aliphatic rings. The maximum Gasteiger partial charge on any atom is 0.226 e. The second kappa shape index (κ2) is 9.15. The lowest BCUT2D eigenvalue weighted by Crippen LogP contribution is -2.29. The van der Waals surface area contributed by atoms with Crippen LogP contribution in [0.4, 0.5) is 0 Å². The normalized spacial score (nSPS) is 14.0. The van der Waals surface area contributed by atoms with Gasteiger partial charge in [0.2, 0.25) is 17.6 Å². The van der Waals surface area contributed by atoms with Crippen molar-refractivity contribution in [2.45, 2.75) is 25.7 Å². The average molecular weight is 356 g/mol. The average Bonchev–Trinajstić information content (AvgIpc) is 3.16. The van der Waals surface area contributed by atoms with Gasteiger partial charge < -0.3 is 19.9 Å². The molecule has 7 nitrogen and oxygen atoms in total. The van der Waals surface area contributed by atoms with Crippen LogP contribution < -0.4 is 15.4 Å². The summed E-state index contributed by atoms with van der Waals surface area (Å²) in [4.78, 5) is 16.3. The molecule has 0 saturated heterocycles. The summed E-state index contributed by atoms with van der Waals surface area (Å²) < 4.78 is 10.4. The molecule has 0 fully saturated rings. The second-order valence-corrected chi connectivity index (χ2v) is 6.19. The van der Waals surface area contributed by atoms with Crippen LogP contribution in [0.15, 0.2) is 40.4 Å². The van der Waals surface area contributed by atoms with Gasteiger partial charge >= 0.3 is 0 Å². The summed E-state index contributed by atoms with van der Waals surface area (Å²) in [7, 11) is 1.63. The van der Waals surface area contributed by atoms with Gasteiger partial charge in [0.15, 0.2) is 0 Å². The third kappa shape index (κ3) is 5.16. The van der Waals surface area contributed by atoms with E-state index in [4.69, 9.17) is 9.26 Å². The van der Waals surface area contributed by atoms with E-state index in [0.717, 1.165) is 30.8 Å². The first-order valence-corrected chi connectivity index (χ1v) is 8.87. The number of benzene rings is 1. The van der Waals surface area contributed by atoms with Gasteiger partial charge in [0.25, 0.3) is 0 Å². The molecule has 0 aliphatic carbocycles. The highest BCUT2D eigenvalue weighted by Gasteiger charge is 2.10. The van der Waals surface area contributed by atoms with E-state index in [1.165, 1.54) is 5.57 Å². The molecule has 138 valence electrons. The van der Waals surface area contributed by atoms with Crippen LogP contribution in [0.1, 0.15) is 25.2 Å². The van der Waals surface area contributed by atoms with Gasteiger partial charge in [-0.15, -0.1) is 0 Å². The Morgan fingerprint density at radius 2 is 2.19 bits per heavy atom. The summed E-state index contributed by atoms with van der Waals surface area (Å²) >= 11 is 0. The lowest BCUT2D eigenvalue weighted by Gasteiger charge is -2.14. The molecule has 26 heavy (non-hydrogen) atoms. The number of aromatic nitrogens is 2. The fraction of sp³-hybridized carbons (Fsp3) is 0.421. The molecule has 7 heteroatoms. The zero-order valence-corrected chi connectivity index (χ0v) is 15.0. The first-order valence-electron chi connectivity index (χ1n) is 8.87. The fourth-order valence-electron chi connectivity index (χ4n) is 2.74. The molecule has 2 aromatic rings. The van der Waals surface area contributed by atoms with Gasteiger partial charge in [0, 0.05) is 31.5 Å². The van der Waals surface area contributed by atoms with Crippen molar-refractivity contribution in [2.24, 2.45) is 0 Å². The Labute approximate surface area is 152 Å². The number of carbonyl (C=O) groups is 1. The van der Waals surface area contributed by atoms with Crippen LogP contribution in [0.2, 0.25) is 0 Å². The van der Waals surface area contributed by atoms with Crippen LogP contribution in [-0.2, 0) is 11.2 Å². The minimum Gasteiger partial charge on any atom is -0.497 e. The van der Waals surface area contributed by atoms with E-state index >= 15 is 0 Å². The van der Waals surface area contributed by atoms with Crippen molar-refractivity contribution in [1.29, 1.82) is 0 Å². The number of nitrogens with zero attached hydrogens (tertiary/aromatic N) is 2. The van der Waals surface area contributed by atoms with Gasteiger partial charge in [-0.1, -0.05) is 16.8 Å². The highest BCUT2D eigenvalue weighted by molar-refractivity contribution is 5.76. The van der Waals surface area contributed by atoms with Crippen molar-refractivity contribution < 1.29 is 14.1 Å². The molecule has 0 atom stereocenters. The number of carbonyl (C=O) groups excluding carboxylic acids is 1.